The maximum absolute atomic E-state index is 13.6. The maximum Gasteiger partial charge on any atom is 0.131 e. The van der Waals surface area contributed by atoms with Crippen LogP contribution < -0.4 is 4.74 Å². The van der Waals surface area contributed by atoms with E-state index in [9.17, 15) is 9.50 Å². The van der Waals surface area contributed by atoms with Crippen molar-refractivity contribution in [2.45, 2.75) is 19.6 Å². The van der Waals surface area contributed by atoms with Crippen molar-refractivity contribution in [1.29, 1.82) is 0 Å². The Morgan fingerprint density at radius 2 is 2.00 bits per heavy atom. The van der Waals surface area contributed by atoms with Crippen LogP contribution in [-0.2, 0) is 6.61 Å². The Balaban J connectivity index is 2.23. The van der Waals surface area contributed by atoms with Crippen LogP contribution in [0.2, 0.25) is 10.0 Å². The lowest BCUT2D eigenvalue weighted by Gasteiger charge is -2.14. The minimum absolute atomic E-state index is 0.0210. The van der Waals surface area contributed by atoms with Crippen LogP contribution >= 0.6 is 23.2 Å². The molecule has 2 aromatic rings. The van der Waals surface area contributed by atoms with Gasteiger partial charge in [0.15, 0.2) is 0 Å². The van der Waals surface area contributed by atoms with Crippen molar-refractivity contribution in [3.8, 4) is 5.75 Å². The largest absolute Gasteiger partial charge is 0.488 e. The summed E-state index contributed by atoms with van der Waals surface area (Å²) in [6.45, 7) is 1.58. The van der Waals surface area contributed by atoms with Crippen LogP contribution in [-0.4, -0.2) is 5.11 Å². The SMILES string of the molecule is CC(O)c1cc(Cl)ccc1OCc1c(F)cccc1Cl. The van der Waals surface area contributed by atoms with Crippen LogP contribution in [0.3, 0.4) is 0 Å². The van der Waals surface area contributed by atoms with Crippen LogP contribution in [0.15, 0.2) is 36.4 Å². The molecule has 0 aromatic heterocycles. The fraction of sp³-hybridized carbons (Fsp3) is 0.200. The molecule has 2 nitrogen and oxygen atoms in total. The number of rotatable bonds is 4. The number of benzene rings is 2. The van der Waals surface area contributed by atoms with E-state index >= 15 is 0 Å². The summed E-state index contributed by atoms with van der Waals surface area (Å²) in [6, 6.07) is 9.35. The minimum Gasteiger partial charge on any atom is -0.488 e. The highest BCUT2D eigenvalue weighted by Gasteiger charge is 2.12. The standard InChI is InChI=1S/C15H13Cl2FO2/c1-9(19)11-7-10(16)5-6-15(11)20-8-12-13(17)3-2-4-14(12)18/h2-7,9,19H,8H2,1H3. The van der Waals surface area contributed by atoms with Gasteiger partial charge in [-0.25, -0.2) is 4.39 Å². The molecule has 0 amide bonds. The molecular formula is C15H13Cl2FO2. The topological polar surface area (TPSA) is 29.5 Å². The van der Waals surface area contributed by atoms with Crippen molar-refractivity contribution in [1.82, 2.24) is 0 Å². The zero-order valence-corrected chi connectivity index (χ0v) is 12.2. The molecule has 0 fully saturated rings. The first-order chi connectivity index (χ1) is 9.49. The van der Waals surface area contributed by atoms with Gasteiger partial charge in [0.2, 0.25) is 0 Å². The van der Waals surface area contributed by atoms with Crippen molar-refractivity contribution >= 4 is 23.2 Å². The molecule has 0 radical (unpaired) electrons. The van der Waals surface area contributed by atoms with Crippen molar-refractivity contribution in [3.63, 3.8) is 0 Å². The molecule has 0 bridgehead atoms. The van der Waals surface area contributed by atoms with Gasteiger partial charge < -0.3 is 9.84 Å². The number of ether oxygens (including phenoxy) is 1. The summed E-state index contributed by atoms with van der Waals surface area (Å²) in [6.07, 6.45) is -0.736. The molecule has 0 saturated carbocycles. The van der Waals surface area contributed by atoms with Gasteiger partial charge in [0.25, 0.3) is 0 Å². The summed E-state index contributed by atoms with van der Waals surface area (Å²) in [7, 11) is 0. The summed E-state index contributed by atoms with van der Waals surface area (Å²) in [5.41, 5.74) is 0.825. The predicted octanol–water partition coefficient (Wildman–Crippen LogP) is 4.76. The third-order valence-electron chi connectivity index (χ3n) is 2.86. The Labute approximate surface area is 126 Å². The van der Waals surface area contributed by atoms with E-state index in [-0.39, 0.29) is 12.2 Å². The van der Waals surface area contributed by atoms with E-state index in [0.29, 0.717) is 21.4 Å². The number of halogens is 3. The fourth-order valence-corrected chi connectivity index (χ4v) is 2.20. The van der Waals surface area contributed by atoms with Crippen LogP contribution in [0.1, 0.15) is 24.2 Å². The zero-order valence-electron chi connectivity index (χ0n) is 10.7. The molecule has 0 aliphatic heterocycles. The van der Waals surface area contributed by atoms with Gasteiger partial charge in [0.05, 0.1) is 11.1 Å². The van der Waals surface area contributed by atoms with E-state index < -0.39 is 11.9 Å². The summed E-state index contributed by atoms with van der Waals surface area (Å²) in [4.78, 5) is 0. The first-order valence-electron chi connectivity index (χ1n) is 6.02. The van der Waals surface area contributed by atoms with E-state index in [1.165, 1.54) is 12.1 Å². The van der Waals surface area contributed by atoms with Gasteiger partial charge in [-0.15, -0.1) is 0 Å². The Morgan fingerprint density at radius 3 is 2.65 bits per heavy atom. The predicted molar refractivity (Wildman–Crippen MR) is 77.8 cm³/mol. The van der Waals surface area contributed by atoms with Gasteiger partial charge >= 0.3 is 0 Å². The van der Waals surface area contributed by atoms with Crippen LogP contribution in [0.25, 0.3) is 0 Å². The lowest BCUT2D eigenvalue weighted by Crippen LogP contribution is -2.03. The fourth-order valence-electron chi connectivity index (χ4n) is 1.80. The average Bonchev–Trinajstić information content (AvgIpc) is 2.39. The lowest BCUT2D eigenvalue weighted by atomic mass is 10.1. The molecular weight excluding hydrogens is 302 g/mol. The number of hydrogen-bond donors (Lipinski definition) is 1. The minimum atomic E-state index is -0.736. The Morgan fingerprint density at radius 1 is 1.25 bits per heavy atom. The molecule has 1 atom stereocenters. The van der Waals surface area contributed by atoms with E-state index in [2.05, 4.69) is 0 Å². The third-order valence-corrected chi connectivity index (χ3v) is 3.44. The Bertz CT molecular complexity index is 595. The van der Waals surface area contributed by atoms with Crippen molar-refractivity contribution in [2.24, 2.45) is 0 Å². The molecule has 0 heterocycles. The molecule has 1 N–H and O–H groups in total. The highest BCUT2D eigenvalue weighted by Crippen LogP contribution is 2.30. The van der Waals surface area contributed by atoms with Gasteiger partial charge in [-0.1, -0.05) is 29.3 Å². The van der Waals surface area contributed by atoms with Gasteiger partial charge in [0, 0.05) is 16.1 Å². The van der Waals surface area contributed by atoms with E-state index in [1.807, 2.05) is 0 Å². The molecule has 20 heavy (non-hydrogen) atoms. The molecule has 5 heteroatoms. The molecule has 0 aliphatic rings. The Hall–Kier alpha value is -1.29. The van der Waals surface area contributed by atoms with Crippen LogP contribution in [0.5, 0.6) is 5.75 Å². The monoisotopic (exact) mass is 314 g/mol. The quantitative estimate of drug-likeness (QED) is 0.881. The maximum atomic E-state index is 13.6. The van der Waals surface area contributed by atoms with Crippen molar-refractivity contribution in [2.75, 3.05) is 0 Å². The zero-order chi connectivity index (χ0) is 14.7. The van der Waals surface area contributed by atoms with Crippen molar-refractivity contribution < 1.29 is 14.2 Å². The second-order valence-corrected chi connectivity index (χ2v) is 5.19. The summed E-state index contributed by atoms with van der Waals surface area (Å²) >= 11 is 11.8. The molecule has 1 unspecified atom stereocenters. The molecule has 2 aromatic carbocycles. The smallest absolute Gasteiger partial charge is 0.131 e. The van der Waals surface area contributed by atoms with Crippen LogP contribution in [0.4, 0.5) is 4.39 Å². The van der Waals surface area contributed by atoms with Crippen LogP contribution in [0, 0.1) is 5.82 Å². The molecule has 0 spiro atoms. The van der Waals surface area contributed by atoms with Gasteiger partial charge in [0.1, 0.15) is 18.2 Å². The number of aliphatic hydroxyl groups excluding tert-OH is 1. The van der Waals surface area contributed by atoms with E-state index in [1.54, 1.807) is 31.2 Å². The number of hydrogen-bond acceptors (Lipinski definition) is 2. The molecule has 2 rings (SSSR count). The first kappa shape index (κ1) is 15.1. The number of aliphatic hydroxyl groups is 1. The van der Waals surface area contributed by atoms with Gasteiger partial charge in [-0.3, -0.25) is 0 Å². The normalized spacial score (nSPS) is 12.2. The summed E-state index contributed by atoms with van der Waals surface area (Å²) in [5, 5.41) is 10.5. The van der Waals surface area contributed by atoms with Gasteiger partial charge in [-0.2, -0.15) is 0 Å². The highest BCUT2D eigenvalue weighted by atomic mass is 35.5. The molecule has 0 aliphatic carbocycles. The van der Waals surface area contributed by atoms with E-state index in [4.69, 9.17) is 27.9 Å². The molecule has 0 saturated heterocycles. The van der Waals surface area contributed by atoms with E-state index in [0.717, 1.165) is 0 Å². The Kier molecular flexibility index (Phi) is 4.86. The summed E-state index contributed by atoms with van der Waals surface area (Å²) in [5.74, 6) is 0.0220. The van der Waals surface area contributed by atoms with Gasteiger partial charge in [-0.05, 0) is 37.3 Å². The second-order valence-electron chi connectivity index (χ2n) is 4.35. The van der Waals surface area contributed by atoms with Crippen molar-refractivity contribution in [3.05, 3.63) is 63.4 Å². The average molecular weight is 315 g/mol. The summed E-state index contributed by atoms with van der Waals surface area (Å²) < 4.78 is 19.2. The first-order valence-corrected chi connectivity index (χ1v) is 6.78. The highest BCUT2D eigenvalue weighted by molar-refractivity contribution is 6.31. The lowest BCUT2D eigenvalue weighted by molar-refractivity contribution is 0.190. The second kappa shape index (κ2) is 6.44. The molecule has 106 valence electrons. The third kappa shape index (κ3) is 3.42.